The standard InChI is InChI=1S/C21H39NO7/c1-7-9-11-28-15-22-17(24)16(3)13-21(5,19(26)29-12-10-23)14-20(4,8-2)18(25)27-6/h16,23H,7-15H2,1-6H3,(H,22,24). The molecule has 3 unspecified atom stereocenters. The average molecular weight is 418 g/mol. The third kappa shape index (κ3) is 9.12. The Morgan fingerprint density at radius 3 is 2.24 bits per heavy atom. The zero-order valence-corrected chi connectivity index (χ0v) is 18.8. The normalized spacial score (nSPS) is 16.2. The lowest BCUT2D eigenvalue weighted by Gasteiger charge is -2.37. The maximum atomic E-state index is 12.8. The highest BCUT2D eigenvalue weighted by atomic mass is 16.5. The summed E-state index contributed by atoms with van der Waals surface area (Å²) in [5.41, 5.74) is -2.00. The summed E-state index contributed by atoms with van der Waals surface area (Å²) in [4.78, 5) is 37.5. The van der Waals surface area contributed by atoms with Gasteiger partial charge in [0.15, 0.2) is 0 Å². The van der Waals surface area contributed by atoms with Gasteiger partial charge in [0.2, 0.25) is 5.91 Å². The number of ether oxygens (including phenoxy) is 3. The Bertz CT molecular complexity index is 525. The van der Waals surface area contributed by atoms with Gasteiger partial charge in [0.25, 0.3) is 0 Å². The Kier molecular flexibility index (Phi) is 12.8. The molecule has 8 nitrogen and oxygen atoms in total. The molecule has 0 rings (SSSR count). The SMILES string of the molecule is CCCCOCNC(=O)C(C)CC(C)(CC(C)(CC)C(=O)OC)C(=O)OCCO. The first-order chi connectivity index (χ1) is 13.6. The Hall–Kier alpha value is -1.67. The largest absolute Gasteiger partial charge is 0.469 e. The van der Waals surface area contributed by atoms with Crippen LogP contribution in [0.25, 0.3) is 0 Å². The van der Waals surface area contributed by atoms with Crippen molar-refractivity contribution in [2.24, 2.45) is 16.7 Å². The molecule has 2 N–H and O–H groups in total. The second-order valence-electron chi connectivity index (χ2n) is 8.06. The summed E-state index contributed by atoms with van der Waals surface area (Å²) in [6, 6.07) is 0. The number of nitrogens with one attached hydrogen (secondary N) is 1. The molecule has 170 valence electrons. The van der Waals surface area contributed by atoms with E-state index in [1.165, 1.54) is 7.11 Å². The number of amides is 1. The molecule has 1 amide bonds. The first kappa shape index (κ1) is 27.3. The average Bonchev–Trinajstić information content (AvgIpc) is 2.70. The third-order valence-corrected chi connectivity index (χ3v) is 5.25. The van der Waals surface area contributed by atoms with E-state index in [-0.39, 0.29) is 38.7 Å². The van der Waals surface area contributed by atoms with Gasteiger partial charge in [0, 0.05) is 12.5 Å². The predicted octanol–water partition coefficient (Wildman–Crippen LogP) is 2.42. The number of hydrogen-bond acceptors (Lipinski definition) is 7. The fourth-order valence-corrected chi connectivity index (χ4v) is 3.37. The van der Waals surface area contributed by atoms with E-state index >= 15 is 0 Å². The van der Waals surface area contributed by atoms with E-state index in [9.17, 15) is 14.4 Å². The summed E-state index contributed by atoms with van der Waals surface area (Å²) in [5, 5.41) is 11.7. The van der Waals surface area contributed by atoms with Crippen molar-refractivity contribution in [3.05, 3.63) is 0 Å². The lowest BCUT2D eigenvalue weighted by Crippen LogP contribution is -2.43. The minimum Gasteiger partial charge on any atom is -0.469 e. The molecule has 0 saturated carbocycles. The number of rotatable bonds is 15. The van der Waals surface area contributed by atoms with Crippen molar-refractivity contribution in [2.75, 3.05) is 33.7 Å². The van der Waals surface area contributed by atoms with Gasteiger partial charge in [-0.1, -0.05) is 27.2 Å². The number of aliphatic hydroxyl groups excluding tert-OH is 1. The molecular formula is C21H39NO7. The van der Waals surface area contributed by atoms with Crippen molar-refractivity contribution in [1.82, 2.24) is 5.32 Å². The van der Waals surface area contributed by atoms with Gasteiger partial charge in [-0.2, -0.15) is 0 Å². The van der Waals surface area contributed by atoms with E-state index in [0.29, 0.717) is 13.0 Å². The molecule has 0 heterocycles. The van der Waals surface area contributed by atoms with Crippen LogP contribution in [-0.4, -0.2) is 56.6 Å². The van der Waals surface area contributed by atoms with E-state index in [0.717, 1.165) is 12.8 Å². The Morgan fingerprint density at radius 1 is 1.07 bits per heavy atom. The smallest absolute Gasteiger partial charge is 0.311 e. The van der Waals surface area contributed by atoms with E-state index in [1.54, 1.807) is 20.8 Å². The minimum atomic E-state index is -1.10. The van der Waals surface area contributed by atoms with Gasteiger partial charge in [0.1, 0.15) is 13.3 Å². The molecule has 3 atom stereocenters. The lowest BCUT2D eigenvalue weighted by molar-refractivity contribution is -0.164. The zero-order chi connectivity index (χ0) is 22.5. The highest BCUT2D eigenvalue weighted by molar-refractivity contribution is 5.82. The van der Waals surface area contributed by atoms with Crippen LogP contribution in [0, 0.1) is 16.7 Å². The van der Waals surface area contributed by atoms with Crippen LogP contribution in [-0.2, 0) is 28.6 Å². The van der Waals surface area contributed by atoms with Crippen LogP contribution in [0.15, 0.2) is 0 Å². The molecule has 0 aromatic rings. The van der Waals surface area contributed by atoms with Crippen LogP contribution in [0.5, 0.6) is 0 Å². The summed E-state index contributed by atoms with van der Waals surface area (Å²) >= 11 is 0. The molecule has 0 aliphatic carbocycles. The van der Waals surface area contributed by atoms with Crippen LogP contribution in [0.4, 0.5) is 0 Å². The van der Waals surface area contributed by atoms with Gasteiger partial charge in [0.05, 0.1) is 24.5 Å². The van der Waals surface area contributed by atoms with Crippen molar-refractivity contribution >= 4 is 17.8 Å². The van der Waals surface area contributed by atoms with Crippen molar-refractivity contribution < 1.29 is 33.7 Å². The second kappa shape index (κ2) is 13.5. The summed E-state index contributed by atoms with van der Waals surface area (Å²) in [5.74, 6) is -1.70. The van der Waals surface area contributed by atoms with Crippen LogP contribution in [0.2, 0.25) is 0 Å². The highest BCUT2D eigenvalue weighted by Gasteiger charge is 2.46. The molecule has 29 heavy (non-hydrogen) atoms. The minimum absolute atomic E-state index is 0.115. The zero-order valence-electron chi connectivity index (χ0n) is 18.8. The first-order valence-electron chi connectivity index (χ1n) is 10.3. The lowest BCUT2D eigenvalue weighted by atomic mass is 9.68. The van der Waals surface area contributed by atoms with Crippen LogP contribution in [0.1, 0.15) is 66.7 Å². The van der Waals surface area contributed by atoms with Crippen LogP contribution < -0.4 is 5.32 Å². The third-order valence-electron chi connectivity index (χ3n) is 5.25. The van der Waals surface area contributed by atoms with Gasteiger partial charge in [-0.3, -0.25) is 14.4 Å². The van der Waals surface area contributed by atoms with Gasteiger partial charge in [-0.15, -0.1) is 0 Å². The summed E-state index contributed by atoms with van der Waals surface area (Å²) in [6.45, 7) is 9.30. The Labute approximate surface area is 174 Å². The van der Waals surface area contributed by atoms with Gasteiger partial charge < -0.3 is 24.6 Å². The quantitative estimate of drug-likeness (QED) is 0.239. The van der Waals surface area contributed by atoms with Gasteiger partial charge in [-0.25, -0.2) is 0 Å². The van der Waals surface area contributed by atoms with Gasteiger partial charge >= 0.3 is 11.9 Å². The molecule has 8 heteroatoms. The molecule has 0 saturated heterocycles. The Morgan fingerprint density at radius 2 is 1.72 bits per heavy atom. The fraction of sp³-hybridized carbons (Fsp3) is 0.857. The maximum Gasteiger partial charge on any atom is 0.311 e. The number of esters is 2. The van der Waals surface area contributed by atoms with E-state index in [2.05, 4.69) is 12.2 Å². The molecule has 0 bridgehead atoms. The molecule has 0 spiro atoms. The topological polar surface area (TPSA) is 111 Å². The molecule has 0 aliphatic heterocycles. The van der Waals surface area contributed by atoms with Crippen molar-refractivity contribution in [3.63, 3.8) is 0 Å². The molecule has 0 fully saturated rings. The summed E-state index contributed by atoms with van der Waals surface area (Å²) in [6.07, 6.45) is 2.75. The monoisotopic (exact) mass is 417 g/mol. The predicted molar refractivity (Wildman–Crippen MR) is 109 cm³/mol. The number of hydrogen-bond donors (Lipinski definition) is 2. The van der Waals surface area contributed by atoms with Crippen molar-refractivity contribution in [1.29, 1.82) is 0 Å². The van der Waals surface area contributed by atoms with E-state index in [1.807, 2.05) is 6.92 Å². The summed E-state index contributed by atoms with van der Waals surface area (Å²) in [7, 11) is 1.31. The number of carbonyl (C=O) groups is 3. The highest BCUT2D eigenvalue weighted by Crippen LogP contribution is 2.42. The fourth-order valence-electron chi connectivity index (χ4n) is 3.37. The molecule has 0 aromatic heterocycles. The number of unbranched alkanes of at least 4 members (excludes halogenated alkanes) is 1. The number of carbonyl (C=O) groups excluding carboxylic acids is 3. The molecule has 0 aliphatic rings. The number of aliphatic hydroxyl groups is 1. The number of methoxy groups -OCH3 is 1. The van der Waals surface area contributed by atoms with Crippen molar-refractivity contribution in [2.45, 2.75) is 66.7 Å². The van der Waals surface area contributed by atoms with Gasteiger partial charge in [-0.05, 0) is 39.5 Å². The maximum absolute atomic E-state index is 12.8. The van der Waals surface area contributed by atoms with Crippen molar-refractivity contribution in [3.8, 4) is 0 Å². The Balaban J connectivity index is 5.27. The summed E-state index contributed by atoms with van der Waals surface area (Å²) < 4.78 is 15.4. The molecular weight excluding hydrogens is 378 g/mol. The molecule has 0 aromatic carbocycles. The second-order valence-corrected chi connectivity index (χ2v) is 8.06. The molecule has 0 radical (unpaired) electrons. The van der Waals surface area contributed by atoms with E-state index in [4.69, 9.17) is 19.3 Å². The van der Waals surface area contributed by atoms with Crippen LogP contribution in [0.3, 0.4) is 0 Å². The first-order valence-corrected chi connectivity index (χ1v) is 10.3. The van der Waals surface area contributed by atoms with E-state index < -0.39 is 28.7 Å². The van der Waals surface area contributed by atoms with Crippen LogP contribution >= 0.6 is 0 Å².